The van der Waals surface area contributed by atoms with Crippen LogP contribution in [0.15, 0.2) is 64.2 Å². The molecule has 2 atom stereocenters. The topological polar surface area (TPSA) is 99.9 Å². The maximum atomic E-state index is 13.8. The Morgan fingerprint density at radius 1 is 1.03 bits per heavy atom. The van der Waals surface area contributed by atoms with Crippen molar-refractivity contribution >= 4 is 28.7 Å². The van der Waals surface area contributed by atoms with Crippen LogP contribution < -0.4 is 22.3 Å². The van der Waals surface area contributed by atoms with E-state index in [-0.39, 0.29) is 29.9 Å². The summed E-state index contributed by atoms with van der Waals surface area (Å²) < 4.78 is 4.60. The molecule has 9 heteroatoms. The van der Waals surface area contributed by atoms with E-state index < -0.39 is 0 Å². The van der Waals surface area contributed by atoms with Crippen molar-refractivity contribution in [2.45, 2.75) is 57.3 Å². The van der Waals surface area contributed by atoms with Crippen LogP contribution in [0.5, 0.6) is 0 Å². The van der Waals surface area contributed by atoms with Gasteiger partial charge in [-0.3, -0.25) is 18.5 Å². The lowest BCUT2D eigenvalue weighted by Gasteiger charge is -2.29. The molecular formula is C27H31ClN6O2. The van der Waals surface area contributed by atoms with Crippen molar-refractivity contribution < 1.29 is 0 Å². The molecule has 2 heterocycles. The molecule has 8 nitrogen and oxygen atoms in total. The maximum Gasteiger partial charge on any atom is 0.332 e. The lowest BCUT2D eigenvalue weighted by Crippen LogP contribution is -2.43. The first-order valence-electron chi connectivity index (χ1n) is 12.4. The molecule has 5 rings (SSSR count). The molecule has 1 fully saturated rings. The predicted octanol–water partition coefficient (Wildman–Crippen LogP) is 3.52. The molecule has 2 aromatic heterocycles. The monoisotopic (exact) mass is 506 g/mol. The van der Waals surface area contributed by atoms with Gasteiger partial charge in [0.05, 0.1) is 6.54 Å². The van der Waals surface area contributed by atoms with E-state index >= 15 is 0 Å². The number of fused-ring (bicyclic) bond motifs is 1. The first-order valence-corrected chi connectivity index (χ1v) is 12.8. The zero-order chi connectivity index (χ0) is 25.2. The van der Waals surface area contributed by atoms with Crippen molar-refractivity contribution in [2.75, 3.05) is 5.32 Å². The van der Waals surface area contributed by atoms with Crippen LogP contribution >= 0.6 is 11.6 Å². The Morgan fingerprint density at radius 3 is 2.50 bits per heavy atom. The molecule has 0 saturated heterocycles. The highest BCUT2D eigenvalue weighted by molar-refractivity contribution is 6.31. The van der Waals surface area contributed by atoms with E-state index in [0.29, 0.717) is 35.1 Å². The molecule has 188 valence electrons. The Balaban J connectivity index is 1.63. The van der Waals surface area contributed by atoms with E-state index in [9.17, 15) is 9.59 Å². The van der Waals surface area contributed by atoms with Crippen LogP contribution in [0.2, 0.25) is 5.02 Å². The smallest absolute Gasteiger partial charge is 0.332 e. The molecule has 0 aliphatic heterocycles. The van der Waals surface area contributed by atoms with E-state index in [4.69, 9.17) is 22.3 Å². The Morgan fingerprint density at radius 2 is 1.75 bits per heavy atom. The summed E-state index contributed by atoms with van der Waals surface area (Å²) in [6, 6.07) is 17.4. The number of hydrogen-bond donors (Lipinski definition) is 2. The summed E-state index contributed by atoms with van der Waals surface area (Å²) in [6.07, 6.45) is 4.63. The van der Waals surface area contributed by atoms with Gasteiger partial charge in [0.25, 0.3) is 5.56 Å². The van der Waals surface area contributed by atoms with Crippen molar-refractivity contribution in [3.05, 3.63) is 91.6 Å². The fraction of sp³-hybridized carbons (Fsp3) is 0.370. The summed E-state index contributed by atoms with van der Waals surface area (Å²) in [7, 11) is 1.66. The summed E-state index contributed by atoms with van der Waals surface area (Å²) in [4.78, 5) is 31.8. The van der Waals surface area contributed by atoms with Gasteiger partial charge in [-0.25, -0.2) is 4.79 Å². The fourth-order valence-electron chi connectivity index (χ4n) is 5.02. The second kappa shape index (κ2) is 10.3. The van der Waals surface area contributed by atoms with Gasteiger partial charge in [-0.1, -0.05) is 73.0 Å². The van der Waals surface area contributed by atoms with Crippen LogP contribution in [0.3, 0.4) is 0 Å². The first-order chi connectivity index (χ1) is 17.4. The van der Waals surface area contributed by atoms with E-state index in [0.717, 1.165) is 36.8 Å². The average Bonchev–Trinajstić information content (AvgIpc) is 3.24. The van der Waals surface area contributed by atoms with Gasteiger partial charge in [-0.05, 0) is 36.5 Å². The number of rotatable bonds is 7. The summed E-state index contributed by atoms with van der Waals surface area (Å²) >= 11 is 6.49. The van der Waals surface area contributed by atoms with E-state index in [1.54, 1.807) is 7.05 Å². The van der Waals surface area contributed by atoms with Crippen molar-refractivity contribution in [3.63, 3.8) is 0 Å². The number of hydrogen-bond acceptors (Lipinski definition) is 5. The third-order valence-corrected chi connectivity index (χ3v) is 7.49. The Labute approximate surface area is 214 Å². The normalized spacial score (nSPS) is 18.0. The Bertz CT molecular complexity index is 1490. The van der Waals surface area contributed by atoms with Crippen molar-refractivity contribution in [3.8, 4) is 0 Å². The number of aromatic nitrogens is 4. The summed E-state index contributed by atoms with van der Waals surface area (Å²) in [5, 5.41) is 4.11. The molecule has 0 amide bonds. The second-order valence-corrected chi connectivity index (χ2v) is 9.93. The van der Waals surface area contributed by atoms with E-state index in [1.807, 2.05) is 59.2 Å². The number of nitrogens with one attached hydrogen (secondary N) is 1. The maximum absolute atomic E-state index is 13.8. The molecule has 0 spiro atoms. The van der Waals surface area contributed by atoms with Crippen LogP contribution in [0.4, 0.5) is 5.95 Å². The first kappa shape index (κ1) is 24.3. The zero-order valence-corrected chi connectivity index (χ0v) is 21.1. The number of nitrogens with zero attached hydrogens (tertiary/aromatic N) is 4. The highest BCUT2D eigenvalue weighted by Gasteiger charge is 2.26. The van der Waals surface area contributed by atoms with E-state index in [2.05, 4.69) is 5.32 Å². The molecule has 4 aromatic rings. The average molecular weight is 507 g/mol. The molecule has 36 heavy (non-hydrogen) atoms. The van der Waals surface area contributed by atoms with Gasteiger partial charge in [-0.15, -0.1) is 0 Å². The van der Waals surface area contributed by atoms with Crippen molar-refractivity contribution in [1.82, 2.24) is 18.7 Å². The molecule has 1 aliphatic rings. The highest BCUT2D eigenvalue weighted by atomic mass is 35.5. The third kappa shape index (κ3) is 4.70. The molecule has 0 bridgehead atoms. The number of aryl methyl sites for hydroxylation is 2. The lowest BCUT2D eigenvalue weighted by atomic mass is 9.91. The van der Waals surface area contributed by atoms with Gasteiger partial charge >= 0.3 is 5.69 Å². The SMILES string of the molecule is Cn1c(=O)n(CCc2ccccc2)c(=O)c2c1nc(N[C@H]1CCCC[C@H]1N)n2Cc1ccccc1Cl. The fourth-order valence-corrected chi connectivity index (χ4v) is 5.22. The molecule has 2 aromatic carbocycles. The summed E-state index contributed by atoms with van der Waals surface area (Å²) in [5.41, 5.74) is 8.31. The molecular weight excluding hydrogens is 476 g/mol. The number of benzene rings is 2. The molecule has 0 radical (unpaired) electrons. The van der Waals surface area contributed by atoms with Gasteiger partial charge < -0.3 is 11.1 Å². The zero-order valence-electron chi connectivity index (χ0n) is 20.4. The standard InChI is InChI=1S/C27H31ClN6O2/c1-32-24-23(25(35)33(27(32)36)16-15-18-9-3-2-4-10-18)34(17-19-11-5-6-12-20(19)28)26(31-24)30-22-14-8-7-13-21(22)29/h2-6,9-12,21-22H,7-8,13-17,29H2,1H3,(H,30,31)/t21-,22+/m1/s1. The summed E-state index contributed by atoms with van der Waals surface area (Å²) in [6.45, 7) is 0.617. The lowest BCUT2D eigenvalue weighted by molar-refractivity contribution is 0.401. The van der Waals surface area contributed by atoms with Crippen LogP contribution in [0, 0.1) is 0 Å². The molecule has 1 saturated carbocycles. The van der Waals surface area contributed by atoms with Gasteiger partial charge in [0.2, 0.25) is 5.95 Å². The van der Waals surface area contributed by atoms with E-state index in [1.165, 1.54) is 9.13 Å². The van der Waals surface area contributed by atoms with Crippen LogP contribution in [0.25, 0.3) is 11.2 Å². The second-order valence-electron chi connectivity index (χ2n) is 9.52. The predicted molar refractivity (Wildman–Crippen MR) is 144 cm³/mol. The molecule has 0 unspecified atom stereocenters. The minimum atomic E-state index is -0.383. The Hall–Kier alpha value is -3.36. The quantitative estimate of drug-likeness (QED) is 0.399. The number of nitrogens with two attached hydrogens (primary N) is 1. The van der Waals surface area contributed by atoms with Crippen molar-refractivity contribution in [2.24, 2.45) is 12.8 Å². The number of anilines is 1. The summed E-state index contributed by atoms with van der Waals surface area (Å²) in [5.74, 6) is 0.528. The largest absolute Gasteiger partial charge is 0.351 e. The van der Waals surface area contributed by atoms with Crippen LogP contribution in [0.1, 0.15) is 36.8 Å². The van der Waals surface area contributed by atoms with Gasteiger partial charge in [-0.2, -0.15) is 4.98 Å². The van der Waals surface area contributed by atoms with Gasteiger partial charge in [0, 0.05) is 30.7 Å². The third-order valence-electron chi connectivity index (χ3n) is 7.12. The highest BCUT2D eigenvalue weighted by Crippen LogP contribution is 2.25. The molecule has 1 aliphatic carbocycles. The minimum absolute atomic E-state index is 0.00123. The molecule has 3 N–H and O–H groups in total. The minimum Gasteiger partial charge on any atom is -0.351 e. The number of halogens is 1. The van der Waals surface area contributed by atoms with Crippen molar-refractivity contribution in [1.29, 1.82) is 0 Å². The van der Waals surface area contributed by atoms with Gasteiger partial charge in [0.15, 0.2) is 11.2 Å². The Kier molecular flexibility index (Phi) is 6.98. The van der Waals surface area contributed by atoms with Crippen LogP contribution in [-0.2, 0) is 26.6 Å². The van der Waals surface area contributed by atoms with Gasteiger partial charge in [0.1, 0.15) is 0 Å². The number of imidazole rings is 1. The van der Waals surface area contributed by atoms with Crippen LogP contribution in [-0.4, -0.2) is 30.8 Å².